The third-order valence-electron chi connectivity index (χ3n) is 5.27. The van der Waals surface area contributed by atoms with E-state index in [1.54, 1.807) is 0 Å². The van der Waals surface area contributed by atoms with Gasteiger partial charge in [0.1, 0.15) is 36.9 Å². The van der Waals surface area contributed by atoms with Crippen LogP contribution in [0, 0.1) is 0 Å². The van der Waals surface area contributed by atoms with Gasteiger partial charge in [-0.3, -0.25) is 0 Å². The van der Waals surface area contributed by atoms with Crippen LogP contribution < -0.4 is 9.47 Å². The van der Waals surface area contributed by atoms with Crippen molar-refractivity contribution in [2.45, 2.75) is 39.4 Å². The molecule has 0 fully saturated rings. The molecule has 0 saturated heterocycles. The van der Waals surface area contributed by atoms with Gasteiger partial charge in [-0.2, -0.15) is 0 Å². The van der Waals surface area contributed by atoms with E-state index in [1.165, 1.54) is 5.56 Å². The Kier molecular flexibility index (Phi) is 9.11. The second-order valence-electron chi connectivity index (χ2n) is 7.69. The number of aliphatic hydroxyl groups excluding tert-OH is 2. The van der Waals surface area contributed by atoms with Gasteiger partial charge in [0.15, 0.2) is 0 Å². The highest BCUT2D eigenvalue weighted by Gasteiger charge is 2.18. The molecule has 2 unspecified atom stereocenters. The summed E-state index contributed by atoms with van der Waals surface area (Å²) in [6, 6.07) is 14.1. The minimum absolute atomic E-state index is 0.127. The zero-order valence-corrected chi connectivity index (χ0v) is 19.2. The Balaban J connectivity index is 2.03. The highest BCUT2D eigenvalue weighted by molar-refractivity contribution is 6.11. The van der Waals surface area contributed by atoms with Gasteiger partial charge in [0, 0.05) is 34.8 Å². The minimum atomic E-state index is -0.720. The summed E-state index contributed by atoms with van der Waals surface area (Å²) >= 11 is 0. The summed E-state index contributed by atoms with van der Waals surface area (Å²) in [5.41, 5.74) is 1.18. The van der Waals surface area contributed by atoms with Gasteiger partial charge in [0.2, 0.25) is 0 Å². The van der Waals surface area contributed by atoms with E-state index >= 15 is 0 Å². The predicted molar refractivity (Wildman–Crippen MR) is 127 cm³/mol. The first-order valence-electron chi connectivity index (χ1n) is 11.3. The smallest absolute Gasteiger partial charge is 0.135 e. The number of hydrogen-bond acceptors (Lipinski definition) is 6. The van der Waals surface area contributed by atoms with Gasteiger partial charge >= 0.3 is 0 Å². The van der Waals surface area contributed by atoms with Crippen LogP contribution in [0.1, 0.15) is 26.3 Å². The van der Waals surface area contributed by atoms with E-state index in [2.05, 4.69) is 19.1 Å². The summed E-state index contributed by atoms with van der Waals surface area (Å²) in [5.74, 6) is 1.42. The van der Waals surface area contributed by atoms with Crippen molar-refractivity contribution in [1.82, 2.24) is 0 Å². The quantitative estimate of drug-likeness (QED) is 0.388. The maximum Gasteiger partial charge on any atom is 0.135 e. The molecular formula is C26H34O6. The number of hydrogen-bond donors (Lipinski definition) is 2. The molecule has 32 heavy (non-hydrogen) atoms. The molecule has 3 rings (SSSR count). The van der Waals surface area contributed by atoms with Crippen LogP contribution in [0.15, 0.2) is 42.5 Å². The topological polar surface area (TPSA) is 77.4 Å². The normalized spacial score (nSPS) is 13.4. The second-order valence-corrected chi connectivity index (χ2v) is 7.69. The molecule has 0 spiro atoms. The van der Waals surface area contributed by atoms with Gasteiger partial charge < -0.3 is 29.2 Å². The molecule has 0 bridgehead atoms. The molecule has 0 saturated carbocycles. The number of benzene rings is 3. The number of aliphatic hydroxyl groups is 2. The molecule has 174 valence electrons. The largest absolute Gasteiger partial charge is 0.489 e. The Hall–Kier alpha value is -2.38. The van der Waals surface area contributed by atoms with E-state index in [-0.39, 0.29) is 26.4 Å². The molecule has 6 heteroatoms. The fraction of sp³-hybridized carbons (Fsp3) is 0.462. The van der Waals surface area contributed by atoms with Crippen molar-refractivity contribution >= 4 is 21.5 Å². The van der Waals surface area contributed by atoms with E-state index in [4.69, 9.17) is 18.9 Å². The molecule has 0 aliphatic heterocycles. The standard InChI is InChI=1S/C26H34O6/c1-4-18-11-12-23-24(13-18)26(32-17-20(28)15-30-6-3)22-10-8-7-9-21(22)25(23)31-16-19(27)14-29-5-2/h7-13,19-20,27-28H,4-6,14-17H2,1-3H3. The summed E-state index contributed by atoms with van der Waals surface area (Å²) in [5, 5.41) is 24.1. The van der Waals surface area contributed by atoms with Crippen LogP contribution in [0.4, 0.5) is 0 Å². The third-order valence-corrected chi connectivity index (χ3v) is 5.27. The van der Waals surface area contributed by atoms with Gasteiger partial charge in [-0.05, 0) is 31.9 Å². The second kappa shape index (κ2) is 12.0. The fourth-order valence-corrected chi connectivity index (χ4v) is 3.64. The van der Waals surface area contributed by atoms with E-state index < -0.39 is 12.2 Å². The van der Waals surface area contributed by atoms with Gasteiger partial charge in [-0.1, -0.05) is 43.3 Å². The average molecular weight is 443 g/mol. The van der Waals surface area contributed by atoms with Crippen molar-refractivity contribution in [2.75, 3.05) is 39.6 Å². The van der Waals surface area contributed by atoms with Crippen LogP contribution in [0.2, 0.25) is 0 Å². The minimum Gasteiger partial charge on any atom is -0.489 e. The zero-order chi connectivity index (χ0) is 22.9. The molecule has 0 aliphatic rings. The third kappa shape index (κ3) is 5.90. The van der Waals surface area contributed by atoms with Crippen LogP contribution in [0.25, 0.3) is 21.5 Å². The molecule has 0 radical (unpaired) electrons. The molecule has 2 atom stereocenters. The highest BCUT2D eigenvalue weighted by Crippen LogP contribution is 2.43. The highest BCUT2D eigenvalue weighted by atomic mass is 16.5. The van der Waals surface area contributed by atoms with Crippen molar-refractivity contribution in [2.24, 2.45) is 0 Å². The Morgan fingerprint density at radius 2 is 1.16 bits per heavy atom. The van der Waals surface area contributed by atoms with E-state index in [0.29, 0.717) is 24.7 Å². The van der Waals surface area contributed by atoms with Crippen molar-refractivity contribution in [3.63, 3.8) is 0 Å². The fourth-order valence-electron chi connectivity index (χ4n) is 3.64. The van der Waals surface area contributed by atoms with Crippen LogP contribution in [-0.4, -0.2) is 62.1 Å². The molecule has 2 N–H and O–H groups in total. The lowest BCUT2D eigenvalue weighted by Gasteiger charge is -2.20. The Morgan fingerprint density at radius 1 is 0.656 bits per heavy atom. The molecule has 0 heterocycles. The lowest BCUT2D eigenvalue weighted by molar-refractivity contribution is 0.0166. The monoisotopic (exact) mass is 442 g/mol. The van der Waals surface area contributed by atoms with E-state index in [1.807, 2.05) is 44.2 Å². The average Bonchev–Trinajstić information content (AvgIpc) is 2.82. The molecule has 0 amide bonds. The number of aryl methyl sites for hydroxylation is 1. The summed E-state index contributed by atoms with van der Waals surface area (Å²) in [6.45, 7) is 7.69. The first-order valence-corrected chi connectivity index (χ1v) is 11.3. The molecule has 6 nitrogen and oxygen atoms in total. The Labute approximate surface area is 189 Å². The zero-order valence-electron chi connectivity index (χ0n) is 19.2. The Morgan fingerprint density at radius 3 is 1.66 bits per heavy atom. The van der Waals surface area contributed by atoms with Crippen LogP contribution >= 0.6 is 0 Å². The van der Waals surface area contributed by atoms with E-state index in [9.17, 15) is 10.2 Å². The lowest BCUT2D eigenvalue weighted by Crippen LogP contribution is -2.24. The van der Waals surface area contributed by atoms with Gasteiger partial charge in [-0.25, -0.2) is 0 Å². The summed E-state index contributed by atoms with van der Waals surface area (Å²) in [7, 11) is 0. The lowest BCUT2D eigenvalue weighted by atomic mass is 9.98. The predicted octanol–water partition coefficient (Wildman–Crippen LogP) is 4.11. The van der Waals surface area contributed by atoms with Crippen molar-refractivity contribution < 1.29 is 29.2 Å². The van der Waals surface area contributed by atoms with Gasteiger partial charge in [-0.15, -0.1) is 0 Å². The first kappa shape index (κ1) is 24.3. The van der Waals surface area contributed by atoms with Crippen molar-refractivity contribution in [3.05, 3.63) is 48.0 Å². The molecule has 3 aromatic rings. The molecule has 0 aromatic heterocycles. The maximum atomic E-state index is 10.2. The van der Waals surface area contributed by atoms with Crippen LogP contribution in [0.5, 0.6) is 11.5 Å². The molecular weight excluding hydrogens is 408 g/mol. The van der Waals surface area contributed by atoms with Crippen molar-refractivity contribution in [1.29, 1.82) is 0 Å². The van der Waals surface area contributed by atoms with E-state index in [0.717, 1.165) is 28.0 Å². The first-order chi connectivity index (χ1) is 15.6. The van der Waals surface area contributed by atoms with Gasteiger partial charge in [0.25, 0.3) is 0 Å². The van der Waals surface area contributed by atoms with Crippen molar-refractivity contribution in [3.8, 4) is 11.5 Å². The number of rotatable bonds is 13. The van der Waals surface area contributed by atoms with Crippen LogP contribution in [-0.2, 0) is 15.9 Å². The SMILES string of the molecule is CCOCC(O)COc1c2ccccc2c(OCC(O)COCC)c2cc(CC)ccc12. The Bertz CT molecular complexity index is 1000. The molecule has 3 aromatic carbocycles. The number of ether oxygens (including phenoxy) is 4. The summed E-state index contributed by atoms with van der Waals surface area (Å²) in [4.78, 5) is 0. The number of fused-ring (bicyclic) bond motifs is 2. The van der Waals surface area contributed by atoms with Crippen LogP contribution in [0.3, 0.4) is 0 Å². The summed E-state index contributed by atoms with van der Waals surface area (Å²) in [6.07, 6.45) is -0.551. The van der Waals surface area contributed by atoms with Gasteiger partial charge in [0.05, 0.1) is 13.2 Å². The summed E-state index contributed by atoms with van der Waals surface area (Å²) < 4.78 is 22.9. The molecule has 0 aliphatic carbocycles. The maximum absolute atomic E-state index is 10.2.